The van der Waals surface area contributed by atoms with Crippen molar-refractivity contribution in [3.05, 3.63) is 35.4 Å². The van der Waals surface area contributed by atoms with E-state index in [-0.39, 0.29) is 36.4 Å². The Morgan fingerprint density at radius 2 is 2.10 bits per heavy atom. The third-order valence-electron chi connectivity index (χ3n) is 3.87. The van der Waals surface area contributed by atoms with Crippen molar-refractivity contribution in [1.29, 1.82) is 0 Å². The molecule has 1 saturated heterocycles. The van der Waals surface area contributed by atoms with Gasteiger partial charge in [0.1, 0.15) is 17.7 Å². The van der Waals surface area contributed by atoms with E-state index in [1.807, 2.05) is 13.8 Å². The molecular weight excluding hydrogens is 278 g/mol. The summed E-state index contributed by atoms with van der Waals surface area (Å²) in [6, 6.07) is 2.45. The summed E-state index contributed by atoms with van der Waals surface area (Å²) in [7, 11) is 0. The molecule has 2 rings (SSSR count). The van der Waals surface area contributed by atoms with E-state index in [9.17, 15) is 18.4 Å². The highest BCUT2D eigenvalue weighted by atomic mass is 19.1. The third-order valence-corrected chi connectivity index (χ3v) is 3.87. The van der Waals surface area contributed by atoms with E-state index >= 15 is 0 Å². The van der Waals surface area contributed by atoms with Crippen molar-refractivity contribution < 1.29 is 18.4 Å². The Kier molecular flexibility index (Phi) is 4.55. The van der Waals surface area contributed by atoms with Crippen LogP contribution in [0.15, 0.2) is 18.2 Å². The Bertz CT molecular complexity index is 563. The Balaban J connectivity index is 2.30. The van der Waals surface area contributed by atoms with Gasteiger partial charge in [0.15, 0.2) is 0 Å². The summed E-state index contributed by atoms with van der Waals surface area (Å²) in [6.07, 6.45) is 0.702. The average Bonchev–Trinajstić information content (AvgIpc) is 2.46. The predicted octanol–water partition coefficient (Wildman–Crippen LogP) is 1.84. The molecule has 0 radical (unpaired) electrons. The average molecular weight is 296 g/mol. The van der Waals surface area contributed by atoms with E-state index in [1.54, 1.807) is 0 Å². The van der Waals surface area contributed by atoms with Crippen LogP contribution < -0.4 is 5.32 Å². The summed E-state index contributed by atoms with van der Waals surface area (Å²) < 4.78 is 27.0. The molecule has 1 N–H and O–H groups in total. The van der Waals surface area contributed by atoms with Crippen molar-refractivity contribution in [3.8, 4) is 0 Å². The van der Waals surface area contributed by atoms with Gasteiger partial charge < -0.3 is 10.2 Å². The molecule has 0 aromatic heterocycles. The van der Waals surface area contributed by atoms with E-state index in [4.69, 9.17) is 0 Å². The topological polar surface area (TPSA) is 49.4 Å². The second kappa shape index (κ2) is 6.20. The van der Waals surface area contributed by atoms with Gasteiger partial charge in [-0.1, -0.05) is 20.3 Å². The molecule has 4 nitrogen and oxygen atoms in total. The van der Waals surface area contributed by atoms with Crippen molar-refractivity contribution in [2.75, 3.05) is 6.54 Å². The molecule has 1 aliphatic heterocycles. The number of amides is 2. The SMILES string of the molecule is CCC(C)C1C(=O)NCC(=O)N1Cc1cc(F)ccc1F. The number of benzene rings is 1. The Morgan fingerprint density at radius 1 is 1.38 bits per heavy atom. The van der Waals surface area contributed by atoms with Crippen molar-refractivity contribution >= 4 is 11.8 Å². The van der Waals surface area contributed by atoms with Crippen LogP contribution in [0.5, 0.6) is 0 Å². The number of hydrogen-bond donors (Lipinski definition) is 1. The highest BCUT2D eigenvalue weighted by molar-refractivity contribution is 5.95. The van der Waals surface area contributed by atoms with Gasteiger partial charge in [-0.3, -0.25) is 9.59 Å². The van der Waals surface area contributed by atoms with E-state index in [2.05, 4.69) is 5.32 Å². The third kappa shape index (κ3) is 3.20. The van der Waals surface area contributed by atoms with Crippen LogP contribution in [0.1, 0.15) is 25.8 Å². The summed E-state index contributed by atoms with van der Waals surface area (Å²) in [6.45, 7) is 3.56. The molecule has 2 atom stereocenters. The molecule has 1 fully saturated rings. The zero-order valence-corrected chi connectivity index (χ0v) is 12.0. The van der Waals surface area contributed by atoms with Crippen LogP contribution in [0.2, 0.25) is 0 Å². The normalized spacial score (nSPS) is 20.4. The lowest BCUT2D eigenvalue weighted by Crippen LogP contribution is -2.60. The molecule has 114 valence electrons. The van der Waals surface area contributed by atoms with Crippen LogP contribution in [-0.2, 0) is 16.1 Å². The number of nitrogens with zero attached hydrogens (tertiary/aromatic N) is 1. The Labute approximate surface area is 122 Å². The van der Waals surface area contributed by atoms with Crippen LogP contribution in [-0.4, -0.2) is 29.3 Å². The smallest absolute Gasteiger partial charge is 0.243 e. The largest absolute Gasteiger partial charge is 0.345 e. The van der Waals surface area contributed by atoms with Gasteiger partial charge >= 0.3 is 0 Å². The van der Waals surface area contributed by atoms with E-state index in [0.717, 1.165) is 18.2 Å². The van der Waals surface area contributed by atoms with Gasteiger partial charge in [0.2, 0.25) is 11.8 Å². The van der Waals surface area contributed by atoms with E-state index in [0.29, 0.717) is 6.42 Å². The Morgan fingerprint density at radius 3 is 2.76 bits per heavy atom. The molecule has 21 heavy (non-hydrogen) atoms. The molecule has 1 aromatic carbocycles. The number of carbonyl (C=O) groups is 2. The summed E-state index contributed by atoms with van der Waals surface area (Å²) in [5.74, 6) is -1.76. The standard InChI is InChI=1S/C15H18F2N2O2/c1-3-9(2)14-15(21)18-7-13(20)19(14)8-10-6-11(16)4-5-12(10)17/h4-6,9,14H,3,7-8H2,1-2H3,(H,18,21). The highest BCUT2D eigenvalue weighted by Gasteiger charge is 2.37. The van der Waals surface area contributed by atoms with Crippen LogP contribution in [0.25, 0.3) is 0 Å². The first kappa shape index (κ1) is 15.4. The summed E-state index contributed by atoms with van der Waals surface area (Å²) in [5, 5.41) is 2.54. The number of rotatable bonds is 4. The molecule has 0 aliphatic carbocycles. The molecular formula is C15H18F2N2O2. The lowest BCUT2D eigenvalue weighted by Gasteiger charge is -2.38. The predicted molar refractivity (Wildman–Crippen MR) is 73.2 cm³/mol. The second-order valence-corrected chi connectivity index (χ2v) is 5.31. The molecule has 0 spiro atoms. The lowest BCUT2D eigenvalue weighted by atomic mass is 9.94. The van der Waals surface area contributed by atoms with Crippen LogP contribution in [0, 0.1) is 17.6 Å². The quantitative estimate of drug-likeness (QED) is 0.921. The minimum Gasteiger partial charge on any atom is -0.345 e. The molecule has 2 unspecified atom stereocenters. The number of nitrogens with one attached hydrogen (secondary N) is 1. The molecule has 6 heteroatoms. The first-order valence-corrected chi connectivity index (χ1v) is 6.95. The fraction of sp³-hybridized carbons (Fsp3) is 0.467. The minimum absolute atomic E-state index is 0.0640. The van der Waals surface area contributed by atoms with Gasteiger partial charge in [0.25, 0.3) is 0 Å². The summed E-state index contributed by atoms with van der Waals surface area (Å²) in [5.41, 5.74) is 0.0753. The first-order chi connectivity index (χ1) is 9.93. The monoisotopic (exact) mass is 296 g/mol. The fourth-order valence-electron chi connectivity index (χ4n) is 2.49. The van der Waals surface area contributed by atoms with Crippen LogP contribution in [0.4, 0.5) is 8.78 Å². The van der Waals surface area contributed by atoms with Crippen molar-refractivity contribution in [1.82, 2.24) is 10.2 Å². The van der Waals surface area contributed by atoms with Gasteiger partial charge in [0, 0.05) is 12.1 Å². The van der Waals surface area contributed by atoms with Crippen LogP contribution >= 0.6 is 0 Å². The second-order valence-electron chi connectivity index (χ2n) is 5.31. The molecule has 2 amide bonds. The number of halogens is 2. The van der Waals surface area contributed by atoms with E-state index in [1.165, 1.54) is 4.90 Å². The highest BCUT2D eigenvalue weighted by Crippen LogP contribution is 2.22. The van der Waals surface area contributed by atoms with E-state index < -0.39 is 17.7 Å². The van der Waals surface area contributed by atoms with Gasteiger partial charge in [-0.2, -0.15) is 0 Å². The molecule has 1 heterocycles. The maximum atomic E-state index is 13.8. The fourth-order valence-corrected chi connectivity index (χ4v) is 2.49. The maximum absolute atomic E-state index is 13.8. The van der Waals surface area contributed by atoms with Crippen molar-refractivity contribution in [2.24, 2.45) is 5.92 Å². The molecule has 0 bridgehead atoms. The maximum Gasteiger partial charge on any atom is 0.243 e. The Hall–Kier alpha value is -1.98. The van der Waals surface area contributed by atoms with Gasteiger partial charge in [-0.15, -0.1) is 0 Å². The number of piperazine rings is 1. The summed E-state index contributed by atoms with van der Waals surface area (Å²) >= 11 is 0. The minimum atomic E-state index is -0.654. The zero-order valence-electron chi connectivity index (χ0n) is 12.0. The van der Waals surface area contributed by atoms with Gasteiger partial charge in [0.05, 0.1) is 6.54 Å². The number of carbonyl (C=O) groups excluding carboxylic acids is 2. The molecule has 1 aliphatic rings. The lowest BCUT2D eigenvalue weighted by molar-refractivity contribution is -0.148. The molecule has 1 aromatic rings. The van der Waals surface area contributed by atoms with Crippen LogP contribution in [0.3, 0.4) is 0 Å². The first-order valence-electron chi connectivity index (χ1n) is 6.95. The van der Waals surface area contributed by atoms with Gasteiger partial charge in [-0.25, -0.2) is 8.78 Å². The van der Waals surface area contributed by atoms with Gasteiger partial charge in [-0.05, 0) is 24.1 Å². The summed E-state index contributed by atoms with van der Waals surface area (Å²) in [4.78, 5) is 25.4. The van der Waals surface area contributed by atoms with Crippen molar-refractivity contribution in [2.45, 2.75) is 32.9 Å². The molecule has 0 saturated carbocycles. The van der Waals surface area contributed by atoms with Crippen molar-refractivity contribution in [3.63, 3.8) is 0 Å². The zero-order chi connectivity index (χ0) is 15.6. The number of hydrogen-bond acceptors (Lipinski definition) is 2.